The summed E-state index contributed by atoms with van der Waals surface area (Å²) in [6.07, 6.45) is 0.328. The number of carbonyl (C=O) groups excluding carboxylic acids is 1. The molecule has 1 atom stereocenters. The Labute approximate surface area is 158 Å². The lowest BCUT2D eigenvalue weighted by Crippen LogP contribution is -2.05. The number of ketones is 1. The highest BCUT2D eigenvalue weighted by molar-refractivity contribution is 7.99. The number of halogens is 2. The van der Waals surface area contributed by atoms with Crippen molar-refractivity contribution in [3.63, 3.8) is 0 Å². The first-order valence-corrected chi connectivity index (χ1v) is 9.71. The summed E-state index contributed by atoms with van der Waals surface area (Å²) >= 11 is 3.00. The molecule has 2 aromatic carbocycles. The van der Waals surface area contributed by atoms with Crippen LogP contribution in [0, 0.1) is 0 Å². The van der Waals surface area contributed by atoms with Crippen molar-refractivity contribution in [2.24, 2.45) is 0 Å². The Kier molecular flexibility index (Phi) is 6.41. The van der Waals surface area contributed by atoms with Crippen molar-refractivity contribution < 1.29 is 18.3 Å². The van der Waals surface area contributed by atoms with Crippen molar-refractivity contribution >= 4 is 28.9 Å². The average Bonchev–Trinajstić information content (AvgIpc) is 3.17. The molecule has 134 valence electrons. The van der Waals surface area contributed by atoms with Crippen LogP contribution in [0.1, 0.15) is 26.9 Å². The van der Waals surface area contributed by atoms with Crippen LogP contribution < -0.4 is 4.74 Å². The second-order valence-corrected chi connectivity index (χ2v) is 7.70. The molecular weight excluding hydrogens is 374 g/mol. The minimum Gasteiger partial charge on any atom is -0.435 e. The largest absolute Gasteiger partial charge is 0.435 e. The maximum Gasteiger partial charge on any atom is 0.387 e. The van der Waals surface area contributed by atoms with E-state index >= 15 is 0 Å². The molecule has 0 spiro atoms. The second-order valence-electron chi connectivity index (χ2n) is 5.47. The third kappa shape index (κ3) is 5.16. The lowest BCUT2D eigenvalue weighted by Gasteiger charge is -2.17. The fourth-order valence-corrected chi connectivity index (χ4v) is 4.31. The van der Waals surface area contributed by atoms with Crippen molar-refractivity contribution in [1.29, 1.82) is 0 Å². The summed E-state index contributed by atoms with van der Waals surface area (Å²) in [7, 11) is 0. The molecule has 2 nitrogen and oxygen atoms in total. The van der Waals surface area contributed by atoms with E-state index in [0.717, 1.165) is 15.3 Å². The molecule has 0 saturated carbocycles. The zero-order chi connectivity index (χ0) is 18.4. The minimum absolute atomic E-state index is 0.0707. The van der Waals surface area contributed by atoms with Crippen LogP contribution in [0.3, 0.4) is 0 Å². The molecule has 26 heavy (non-hydrogen) atoms. The molecule has 0 N–H and O–H groups in total. The molecule has 0 unspecified atom stereocenters. The van der Waals surface area contributed by atoms with Crippen LogP contribution in [0.15, 0.2) is 77.0 Å². The van der Waals surface area contributed by atoms with Crippen LogP contribution in [0.25, 0.3) is 0 Å². The van der Waals surface area contributed by atoms with Gasteiger partial charge in [-0.1, -0.05) is 36.4 Å². The third-order valence-electron chi connectivity index (χ3n) is 3.67. The average molecular weight is 390 g/mol. The number of hydrogen-bond acceptors (Lipinski definition) is 4. The molecule has 3 aromatic rings. The van der Waals surface area contributed by atoms with Gasteiger partial charge in [0.1, 0.15) is 5.75 Å². The summed E-state index contributed by atoms with van der Waals surface area (Å²) in [6, 6.07) is 20.0. The van der Waals surface area contributed by atoms with E-state index in [1.807, 2.05) is 47.8 Å². The van der Waals surface area contributed by atoms with Gasteiger partial charge in [-0.3, -0.25) is 4.79 Å². The van der Waals surface area contributed by atoms with Gasteiger partial charge >= 0.3 is 6.61 Å². The first-order chi connectivity index (χ1) is 12.6. The Bertz CT molecular complexity index is 819. The van der Waals surface area contributed by atoms with Crippen LogP contribution in [-0.2, 0) is 0 Å². The number of thioether (sulfide) groups is 1. The van der Waals surface area contributed by atoms with Gasteiger partial charge in [-0.25, -0.2) is 0 Å². The van der Waals surface area contributed by atoms with Crippen LogP contribution in [-0.4, -0.2) is 12.4 Å². The number of rotatable bonds is 8. The normalized spacial score (nSPS) is 12.1. The second kappa shape index (κ2) is 8.96. The topological polar surface area (TPSA) is 26.3 Å². The van der Waals surface area contributed by atoms with Gasteiger partial charge < -0.3 is 4.74 Å². The number of Topliss-reactive ketones (excluding diaryl/α,β-unsaturated/α-hetero) is 1. The van der Waals surface area contributed by atoms with Gasteiger partial charge in [-0.15, -0.1) is 23.1 Å². The first kappa shape index (κ1) is 18.6. The maximum atomic E-state index is 12.6. The van der Waals surface area contributed by atoms with Gasteiger partial charge in [0.25, 0.3) is 0 Å². The number of ether oxygens (including phenoxy) is 1. The number of carbonyl (C=O) groups is 1. The van der Waals surface area contributed by atoms with E-state index in [1.54, 1.807) is 23.9 Å². The van der Waals surface area contributed by atoms with Crippen LogP contribution in [0.2, 0.25) is 0 Å². The van der Waals surface area contributed by atoms with Crippen molar-refractivity contribution in [3.05, 3.63) is 82.6 Å². The Morgan fingerprint density at radius 1 is 1.00 bits per heavy atom. The molecule has 0 aliphatic heterocycles. The van der Waals surface area contributed by atoms with E-state index in [9.17, 15) is 13.6 Å². The number of alkyl halides is 2. The number of thiophene rings is 1. The fraction of sp³-hybridized carbons (Fsp3) is 0.150. The van der Waals surface area contributed by atoms with Gasteiger partial charge in [-0.05, 0) is 41.3 Å². The molecule has 6 heteroatoms. The molecule has 0 aliphatic rings. The van der Waals surface area contributed by atoms with Gasteiger partial charge in [0.15, 0.2) is 5.78 Å². The lowest BCUT2D eigenvalue weighted by atomic mass is 10.1. The Morgan fingerprint density at radius 2 is 1.73 bits per heavy atom. The zero-order valence-electron chi connectivity index (χ0n) is 13.7. The van der Waals surface area contributed by atoms with Crippen molar-refractivity contribution in [3.8, 4) is 5.75 Å². The van der Waals surface area contributed by atoms with E-state index in [4.69, 9.17) is 0 Å². The van der Waals surface area contributed by atoms with Gasteiger partial charge in [0.05, 0.1) is 4.88 Å². The highest BCUT2D eigenvalue weighted by Crippen LogP contribution is 2.39. The van der Waals surface area contributed by atoms with E-state index in [2.05, 4.69) is 4.74 Å². The summed E-state index contributed by atoms with van der Waals surface area (Å²) in [5, 5.41) is 1.76. The van der Waals surface area contributed by atoms with Crippen LogP contribution >= 0.6 is 23.1 Å². The van der Waals surface area contributed by atoms with E-state index in [1.165, 1.54) is 23.5 Å². The van der Waals surface area contributed by atoms with Crippen molar-refractivity contribution in [1.82, 2.24) is 0 Å². The summed E-state index contributed by atoms with van der Waals surface area (Å²) in [4.78, 5) is 14.3. The molecule has 3 rings (SSSR count). The summed E-state index contributed by atoms with van der Waals surface area (Å²) < 4.78 is 29.1. The summed E-state index contributed by atoms with van der Waals surface area (Å²) in [6.45, 7) is -2.85. The highest BCUT2D eigenvalue weighted by atomic mass is 32.2. The fourth-order valence-electron chi connectivity index (χ4n) is 2.46. The molecule has 0 radical (unpaired) electrons. The predicted octanol–water partition coefficient (Wildman–Crippen LogP) is 6.46. The molecule has 0 fully saturated rings. The number of benzene rings is 2. The SMILES string of the molecule is O=C(C[C@@H](Sc1ccccc1)c1ccc(OC(F)F)cc1)c1cccs1. The first-order valence-electron chi connectivity index (χ1n) is 7.95. The van der Waals surface area contributed by atoms with Crippen LogP contribution in [0.5, 0.6) is 5.75 Å². The smallest absolute Gasteiger partial charge is 0.387 e. The monoisotopic (exact) mass is 390 g/mol. The molecular formula is C20H16F2O2S2. The van der Waals surface area contributed by atoms with E-state index in [0.29, 0.717) is 6.42 Å². The molecule has 1 aromatic heterocycles. The van der Waals surface area contributed by atoms with Crippen molar-refractivity contribution in [2.45, 2.75) is 23.2 Å². The van der Waals surface area contributed by atoms with Gasteiger partial charge in [0, 0.05) is 16.6 Å². The number of hydrogen-bond donors (Lipinski definition) is 0. The summed E-state index contributed by atoms with van der Waals surface area (Å²) in [5.74, 6) is 0.179. The Hall–Kier alpha value is -2.18. The Balaban J connectivity index is 1.81. The van der Waals surface area contributed by atoms with E-state index in [-0.39, 0.29) is 16.8 Å². The highest BCUT2D eigenvalue weighted by Gasteiger charge is 2.19. The molecule has 0 amide bonds. The minimum atomic E-state index is -2.85. The van der Waals surface area contributed by atoms with Gasteiger partial charge in [0.2, 0.25) is 0 Å². The third-order valence-corrected chi connectivity index (χ3v) is 5.84. The predicted molar refractivity (Wildman–Crippen MR) is 101 cm³/mol. The maximum absolute atomic E-state index is 12.6. The van der Waals surface area contributed by atoms with Crippen molar-refractivity contribution in [2.75, 3.05) is 0 Å². The molecule has 1 heterocycles. The summed E-state index contributed by atoms with van der Waals surface area (Å²) in [5.41, 5.74) is 0.894. The molecule has 0 saturated heterocycles. The zero-order valence-corrected chi connectivity index (χ0v) is 15.3. The Morgan fingerprint density at radius 3 is 2.35 bits per heavy atom. The molecule has 0 bridgehead atoms. The lowest BCUT2D eigenvalue weighted by molar-refractivity contribution is -0.0498. The van der Waals surface area contributed by atoms with Crippen LogP contribution in [0.4, 0.5) is 8.78 Å². The molecule has 0 aliphatic carbocycles. The van der Waals surface area contributed by atoms with E-state index < -0.39 is 6.61 Å². The standard InChI is InChI=1S/C20H16F2O2S2/c21-20(22)24-15-10-8-14(9-11-15)19(26-16-5-2-1-3-6-16)13-17(23)18-7-4-12-25-18/h1-12,19-20H,13H2/t19-/m1/s1. The van der Waals surface area contributed by atoms with Gasteiger partial charge in [-0.2, -0.15) is 8.78 Å². The quantitative estimate of drug-likeness (QED) is 0.326.